The molecule has 0 spiro atoms. The van der Waals surface area contributed by atoms with Gasteiger partial charge in [-0.2, -0.15) is 0 Å². The second kappa shape index (κ2) is 7.19. The first-order valence-corrected chi connectivity index (χ1v) is 4.37. The quantitative estimate of drug-likeness (QED) is 0.788. The molecule has 1 atom stereocenters. The smallest absolute Gasteiger partial charge is 0.0408 e. The van der Waals surface area contributed by atoms with Gasteiger partial charge in [0.2, 0.25) is 0 Å². The summed E-state index contributed by atoms with van der Waals surface area (Å²) in [6, 6.07) is 8.08. The second-order valence-electron chi connectivity index (χ2n) is 2.86. The van der Waals surface area contributed by atoms with Crippen molar-refractivity contribution in [2.24, 2.45) is 0 Å². The fraction of sp³-hybridized carbons (Fsp3) is 0.400. The van der Waals surface area contributed by atoms with Crippen LogP contribution in [0.1, 0.15) is 31.7 Å². The van der Waals surface area contributed by atoms with E-state index in [0.29, 0.717) is 5.92 Å². The van der Waals surface area contributed by atoms with Gasteiger partial charge in [-0.15, -0.1) is 12.4 Å². The van der Waals surface area contributed by atoms with Crippen molar-refractivity contribution in [3.8, 4) is 0 Å². The molecule has 0 aliphatic carbocycles. The average Bonchev–Trinajstić information content (AvgIpc) is 2.03. The van der Waals surface area contributed by atoms with Crippen LogP contribution in [0.5, 0.6) is 0 Å². The van der Waals surface area contributed by atoms with Crippen molar-refractivity contribution in [1.82, 2.24) is 6.15 Å². The minimum Gasteiger partial charge on any atom is -0.344 e. The molecule has 1 aromatic carbocycles. The Labute approximate surface area is 91.5 Å². The standard InChI is InChI=1S/C10H13Cl.ClH.H3N/c1-3-8(2)9-5-4-6-10(11)7-9;;/h4-8H,3H2,1-2H3;1H;1H3. The van der Waals surface area contributed by atoms with Gasteiger partial charge in [-0.1, -0.05) is 37.6 Å². The highest BCUT2D eigenvalue weighted by Crippen LogP contribution is 2.21. The molecule has 0 amide bonds. The van der Waals surface area contributed by atoms with Crippen LogP contribution in [-0.4, -0.2) is 0 Å². The first-order chi connectivity index (χ1) is 5.24. The molecular weight excluding hydrogens is 205 g/mol. The molecule has 1 aromatic rings. The molecule has 3 N–H and O–H groups in total. The molecule has 0 saturated carbocycles. The molecule has 1 unspecified atom stereocenters. The lowest BCUT2D eigenvalue weighted by Gasteiger charge is -2.07. The fourth-order valence-corrected chi connectivity index (χ4v) is 1.25. The van der Waals surface area contributed by atoms with Gasteiger partial charge < -0.3 is 6.15 Å². The van der Waals surface area contributed by atoms with Crippen LogP contribution in [0.25, 0.3) is 0 Å². The predicted molar refractivity (Wildman–Crippen MR) is 62.4 cm³/mol. The number of hydrogen-bond acceptors (Lipinski definition) is 1. The Balaban J connectivity index is 0. The van der Waals surface area contributed by atoms with Crippen LogP contribution in [0.3, 0.4) is 0 Å². The lowest BCUT2D eigenvalue weighted by Crippen LogP contribution is -1.89. The summed E-state index contributed by atoms with van der Waals surface area (Å²) < 4.78 is 0. The monoisotopic (exact) mass is 221 g/mol. The summed E-state index contributed by atoms with van der Waals surface area (Å²) in [5, 5.41) is 0.836. The van der Waals surface area contributed by atoms with Crippen LogP contribution in [-0.2, 0) is 0 Å². The van der Waals surface area contributed by atoms with E-state index < -0.39 is 0 Å². The van der Waals surface area contributed by atoms with E-state index in [0.717, 1.165) is 5.02 Å². The van der Waals surface area contributed by atoms with E-state index in [9.17, 15) is 0 Å². The van der Waals surface area contributed by atoms with Gasteiger partial charge in [0, 0.05) is 5.02 Å². The van der Waals surface area contributed by atoms with Crippen LogP contribution in [0.15, 0.2) is 24.3 Å². The Morgan fingerprint density at radius 2 is 2.00 bits per heavy atom. The van der Waals surface area contributed by atoms with E-state index in [1.807, 2.05) is 18.2 Å². The van der Waals surface area contributed by atoms with Crippen molar-refractivity contribution in [3.05, 3.63) is 34.9 Å². The first kappa shape index (κ1) is 15.2. The fourth-order valence-electron chi connectivity index (χ4n) is 1.05. The molecule has 3 heteroatoms. The van der Waals surface area contributed by atoms with Crippen molar-refractivity contribution in [2.45, 2.75) is 26.2 Å². The van der Waals surface area contributed by atoms with Crippen molar-refractivity contribution in [2.75, 3.05) is 0 Å². The molecule has 76 valence electrons. The average molecular weight is 222 g/mol. The highest BCUT2D eigenvalue weighted by Gasteiger charge is 2.01. The molecule has 0 fully saturated rings. The van der Waals surface area contributed by atoms with E-state index in [-0.39, 0.29) is 18.6 Å². The highest BCUT2D eigenvalue weighted by atomic mass is 35.5. The van der Waals surface area contributed by atoms with Crippen LogP contribution < -0.4 is 6.15 Å². The van der Waals surface area contributed by atoms with Gasteiger partial charge >= 0.3 is 0 Å². The number of benzene rings is 1. The summed E-state index contributed by atoms with van der Waals surface area (Å²) in [4.78, 5) is 0. The van der Waals surface area contributed by atoms with E-state index in [1.165, 1.54) is 12.0 Å². The molecule has 0 saturated heterocycles. The van der Waals surface area contributed by atoms with E-state index in [1.54, 1.807) is 0 Å². The van der Waals surface area contributed by atoms with Gasteiger partial charge in [-0.25, -0.2) is 0 Å². The van der Waals surface area contributed by atoms with E-state index >= 15 is 0 Å². The molecule has 0 aromatic heterocycles. The van der Waals surface area contributed by atoms with Gasteiger partial charge in [0.25, 0.3) is 0 Å². The zero-order valence-electron chi connectivity index (χ0n) is 8.09. The molecule has 1 rings (SSSR count). The van der Waals surface area contributed by atoms with Crippen molar-refractivity contribution in [1.29, 1.82) is 0 Å². The Hall–Kier alpha value is -0.240. The number of rotatable bonds is 2. The molecule has 0 bridgehead atoms. The first-order valence-electron chi connectivity index (χ1n) is 3.99. The molecule has 13 heavy (non-hydrogen) atoms. The Kier molecular flexibility index (Phi) is 8.43. The Bertz CT molecular complexity index is 238. The summed E-state index contributed by atoms with van der Waals surface area (Å²) in [5.74, 6) is 0.619. The largest absolute Gasteiger partial charge is 0.344 e. The van der Waals surface area contributed by atoms with Crippen LogP contribution in [0.2, 0.25) is 5.02 Å². The van der Waals surface area contributed by atoms with Crippen molar-refractivity contribution in [3.63, 3.8) is 0 Å². The maximum absolute atomic E-state index is 5.85. The summed E-state index contributed by atoms with van der Waals surface area (Å²) in [6.07, 6.45) is 1.17. The predicted octanol–water partition coefficient (Wildman–Crippen LogP) is 4.44. The minimum atomic E-state index is 0. The topological polar surface area (TPSA) is 35.0 Å². The maximum Gasteiger partial charge on any atom is 0.0408 e. The molecular formula is C10H17Cl2N. The van der Waals surface area contributed by atoms with Crippen molar-refractivity contribution >= 4 is 24.0 Å². The van der Waals surface area contributed by atoms with Crippen LogP contribution in [0.4, 0.5) is 0 Å². The maximum atomic E-state index is 5.85. The molecule has 0 aliphatic rings. The summed E-state index contributed by atoms with van der Waals surface area (Å²) >= 11 is 5.85. The van der Waals surface area contributed by atoms with Crippen LogP contribution in [0, 0.1) is 0 Å². The van der Waals surface area contributed by atoms with Crippen LogP contribution >= 0.6 is 24.0 Å². The summed E-state index contributed by atoms with van der Waals surface area (Å²) in [6.45, 7) is 4.40. The molecule has 0 radical (unpaired) electrons. The third kappa shape index (κ3) is 4.51. The molecule has 0 aliphatic heterocycles. The van der Waals surface area contributed by atoms with Gasteiger partial charge in [-0.05, 0) is 30.0 Å². The zero-order chi connectivity index (χ0) is 8.27. The van der Waals surface area contributed by atoms with Crippen molar-refractivity contribution < 1.29 is 0 Å². The Morgan fingerprint density at radius 1 is 1.38 bits per heavy atom. The molecule has 1 nitrogen and oxygen atoms in total. The SMILES string of the molecule is CCC(C)c1cccc(Cl)c1.Cl.N. The zero-order valence-corrected chi connectivity index (χ0v) is 9.66. The summed E-state index contributed by atoms with van der Waals surface area (Å²) in [7, 11) is 0. The number of hydrogen-bond donors (Lipinski definition) is 1. The van der Waals surface area contributed by atoms with E-state index in [2.05, 4.69) is 19.9 Å². The summed E-state index contributed by atoms with van der Waals surface area (Å²) in [5.41, 5.74) is 1.33. The lowest BCUT2D eigenvalue weighted by atomic mass is 9.99. The van der Waals surface area contributed by atoms with Gasteiger partial charge in [-0.3, -0.25) is 0 Å². The molecule has 0 heterocycles. The van der Waals surface area contributed by atoms with Gasteiger partial charge in [0.1, 0.15) is 0 Å². The highest BCUT2D eigenvalue weighted by molar-refractivity contribution is 6.30. The minimum absolute atomic E-state index is 0. The second-order valence-corrected chi connectivity index (χ2v) is 3.30. The van der Waals surface area contributed by atoms with E-state index in [4.69, 9.17) is 11.6 Å². The van der Waals surface area contributed by atoms with Gasteiger partial charge in [0.05, 0.1) is 0 Å². The van der Waals surface area contributed by atoms with Gasteiger partial charge in [0.15, 0.2) is 0 Å². The third-order valence-corrected chi connectivity index (χ3v) is 2.27. The normalized spacial score (nSPS) is 11.0. The third-order valence-electron chi connectivity index (χ3n) is 2.03. The number of halogens is 2. The Morgan fingerprint density at radius 3 is 2.46 bits per heavy atom. The lowest BCUT2D eigenvalue weighted by molar-refractivity contribution is 0.734.